The molecule has 0 atom stereocenters. The van der Waals surface area contributed by atoms with Crippen LogP contribution in [0.3, 0.4) is 0 Å². The van der Waals surface area contributed by atoms with Crippen molar-refractivity contribution in [1.82, 2.24) is 5.32 Å². The van der Waals surface area contributed by atoms with Crippen LogP contribution in [-0.2, 0) is 11.2 Å². The van der Waals surface area contributed by atoms with Crippen LogP contribution < -0.4 is 10.6 Å². The Morgan fingerprint density at radius 3 is 2.50 bits per heavy atom. The molecule has 1 saturated carbocycles. The first-order valence-corrected chi connectivity index (χ1v) is 7.90. The first-order valence-electron chi connectivity index (χ1n) is 7.90. The van der Waals surface area contributed by atoms with E-state index in [-0.39, 0.29) is 5.91 Å². The van der Waals surface area contributed by atoms with Crippen molar-refractivity contribution in [1.29, 1.82) is 0 Å². The minimum absolute atomic E-state index is 0.106. The largest absolute Gasteiger partial charge is 0.376 e. The summed E-state index contributed by atoms with van der Waals surface area (Å²) in [5, 5.41) is 6.31. The number of aryl methyl sites for hydroxylation is 1. The molecular formula is C17H26N2O. The number of carbonyl (C=O) groups excluding carboxylic acids is 1. The van der Waals surface area contributed by atoms with E-state index in [2.05, 4.69) is 41.8 Å². The number of carbonyl (C=O) groups is 1. The lowest BCUT2D eigenvalue weighted by atomic mass is 9.95. The number of nitrogens with one attached hydrogen (secondary N) is 2. The molecule has 0 saturated heterocycles. The van der Waals surface area contributed by atoms with Gasteiger partial charge in [0.2, 0.25) is 5.91 Å². The first kappa shape index (κ1) is 14.9. The van der Waals surface area contributed by atoms with Crippen molar-refractivity contribution in [3.63, 3.8) is 0 Å². The SMILES string of the molecule is CCCc1ccc(NCC(=O)NC2CCCCC2)cc1. The van der Waals surface area contributed by atoms with Gasteiger partial charge in [-0.3, -0.25) is 4.79 Å². The number of anilines is 1. The Morgan fingerprint density at radius 1 is 1.15 bits per heavy atom. The van der Waals surface area contributed by atoms with Gasteiger partial charge in [-0.2, -0.15) is 0 Å². The Balaban J connectivity index is 1.72. The van der Waals surface area contributed by atoms with E-state index < -0.39 is 0 Å². The lowest BCUT2D eigenvalue weighted by Gasteiger charge is -2.22. The zero-order valence-corrected chi connectivity index (χ0v) is 12.5. The Labute approximate surface area is 122 Å². The quantitative estimate of drug-likeness (QED) is 0.833. The van der Waals surface area contributed by atoms with Crippen LogP contribution in [0.5, 0.6) is 0 Å². The fraction of sp³-hybridized carbons (Fsp3) is 0.588. The second kappa shape index (κ2) is 7.93. The highest BCUT2D eigenvalue weighted by Crippen LogP contribution is 2.17. The zero-order valence-electron chi connectivity index (χ0n) is 12.5. The van der Waals surface area contributed by atoms with Gasteiger partial charge in [-0.15, -0.1) is 0 Å². The number of amides is 1. The maximum Gasteiger partial charge on any atom is 0.239 e. The van der Waals surface area contributed by atoms with Gasteiger partial charge in [-0.25, -0.2) is 0 Å². The molecule has 110 valence electrons. The van der Waals surface area contributed by atoms with E-state index in [1.165, 1.54) is 24.8 Å². The summed E-state index contributed by atoms with van der Waals surface area (Å²) in [4.78, 5) is 11.9. The molecular weight excluding hydrogens is 248 g/mol. The molecule has 1 fully saturated rings. The van der Waals surface area contributed by atoms with Crippen molar-refractivity contribution >= 4 is 11.6 Å². The van der Waals surface area contributed by atoms with Gasteiger partial charge in [-0.05, 0) is 37.0 Å². The molecule has 1 amide bonds. The molecule has 2 N–H and O–H groups in total. The molecule has 0 radical (unpaired) electrons. The molecule has 1 aliphatic rings. The maximum absolute atomic E-state index is 11.9. The summed E-state index contributed by atoms with van der Waals surface area (Å²) in [5.41, 5.74) is 2.37. The van der Waals surface area contributed by atoms with Crippen LogP contribution in [-0.4, -0.2) is 18.5 Å². The van der Waals surface area contributed by atoms with Crippen molar-refractivity contribution in [2.45, 2.75) is 57.9 Å². The van der Waals surface area contributed by atoms with E-state index >= 15 is 0 Å². The average Bonchev–Trinajstić information content (AvgIpc) is 2.48. The van der Waals surface area contributed by atoms with Gasteiger partial charge in [0.25, 0.3) is 0 Å². The summed E-state index contributed by atoms with van der Waals surface area (Å²) in [6.45, 7) is 2.55. The predicted molar refractivity (Wildman–Crippen MR) is 83.9 cm³/mol. The van der Waals surface area contributed by atoms with Gasteiger partial charge < -0.3 is 10.6 Å². The van der Waals surface area contributed by atoms with E-state index in [1.807, 2.05) is 0 Å². The standard InChI is InChI=1S/C17H26N2O/c1-2-6-14-9-11-15(12-10-14)18-13-17(20)19-16-7-4-3-5-8-16/h9-12,16,18H,2-8,13H2,1H3,(H,19,20). The van der Waals surface area contributed by atoms with Crippen molar-refractivity contribution in [3.05, 3.63) is 29.8 Å². The summed E-state index contributed by atoms with van der Waals surface area (Å²) in [6, 6.07) is 8.76. The summed E-state index contributed by atoms with van der Waals surface area (Å²) >= 11 is 0. The van der Waals surface area contributed by atoms with Crippen LogP contribution in [0.2, 0.25) is 0 Å². The van der Waals surface area contributed by atoms with Crippen molar-refractivity contribution in [2.75, 3.05) is 11.9 Å². The van der Waals surface area contributed by atoms with Crippen molar-refractivity contribution in [2.24, 2.45) is 0 Å². The van der Waals surface area contributed by atoms with Crippen LogP contribution >= 0.6 is 0 Å². The molecule has 3 heteroatoms. The Hall–Kier alpha value is -1.51. The molecule has 3 nitrogen and oxygen atoms in total. The van der Waals surface area contributed by atoms with Gasteiger partial charge >= 0.3 is 0 Å². The highest BCUT2D eigenvalue weighted by atomic mass is 16.1. The molecule has 1 aromatic carbocycles. The van der Waals surface area contributed by atoms with Crippen LogP contribution in [0, 0.1) is 0 Å². The fourth-order valence-electron chi connectivity index (χ4n) is 2.79. The molecule has 0 aromatic heterocycles. The second-order valence-corrected chi connectivity index (χ2v) is 5.70. The average molecular weight is 274 g/mol. The Bertz CT molecular complexity index is 408. The maximum atomic E-state index is 11.9. The summed E-state index contributed by atoms with van der Waals surface area (Å²) in [5.74, 6) is 0.106. The number of rotatable bonds is 6. The van der Waals surface area contributed by atoms with E-state index in [9.17, 15) is 4.79 Å². The lowest BCUT2D eigenvalue weighted by molar-refractivity contribution is -0.120. The van der Waals surface area contributed by atoms with Gasteiger partial charge in [0.05, 0.1) is 6.54 Å². The third-order valence-corrected chi connectivity index (χ3v) is 3.92. The van der Waals surface area contributed by atoms with Gasteiger partial charge in [0, 0.05) is 11.7 Å². The van der Waals surface area contributed by atoms with Crippen LogP contribution in [0.1, 0.15) is 51.0 Å². The molecule has 20 heavy (non-hydrogen) atoms. The first-order chi connectivity index (χ1) is 9.78. The highest BCUT2D eigenvalue weighted by molar-refractivity contribution is 5.80. The summed E-state index contributed by atoms with van der Waals surface area (Å²) in [7, 11) is 0. The van der Waals surface area contributed by atoms with Gasteiger partial charge in [-0.1, -0.05) is 44.7 Å². The van der Waals surface area contributed by atoms with Crippen molar-refractivity contribution < 1.29 is 4.79 Å². The minimum Gasteiger partial charge on any atom is -0.376 e. The summed E-state index contributed by atoms with van der Waals surface area (Å²) < 4.78 is 0. The Morgan fingerprint density at radius 2 is 1.85 bits per heavy atom. The van der Waals surface area contributed by atoms with E-state index in [0.717, 1.165) is 31.4 Å². The third-order valence-electron chi connectivity index (χ3n) is 3.92. The fourth-order valence-corrected chi connectivity index (χ4v) is 2.79. The molecule has 0 bridgehead atoms. The number of benzene rings is 1. The van der Waals surface area contributed by atoms with Gasteiger partial charge in [0.15, 0.2) is 0 Å². The van der Waals surface area contributed by atoms with Gasteiger partial charge in [0.1, 0.15) is 0 Å². The zero-order chi connectivity index (χ0) is 14.2. The predicted octanol–water partition coefficient (Wildman–Crippen LogP) is 3.50. The monoisotopic (exact) mass is 274 g/mol. The van der Waals surface area contributed by atoms with Crippen molar-refractivity contribution in [3.8, 4) is 0 Å². The van der Waals surface area contributed by atoms with Crippen LogP contribution in [0.25, 0.3) is 0 Å². The number of hydrogen-bond acceptors (Lipinski definition) is 2. The summed E-state index contributed by atoms with van der Waals surface area (Å²) in [6.07, 6.45) is 8.36. The molecule has 1 aromatic rings. The molecule has 1 aliphatic carbocycles. The van der Waals surface area contributed by atoms with E-state index in [4.69, 9.17) is 0 Å². The normalized spacial score (nSPS) is 15.8. The molecule has 0 aliphatic heterocycles. The second-order valence-electron chi connectivity index (χ2n) is 5.70. The van der Waals surface area contributed by atoms with Crippen LogP contribution in [0.15, 0.2) is 24.3 Å². The molecule has 0 unspecified atom stereocenters. The third kappa shape index (κ3) is 4.87. The highest BCUT2D eigenvalue weighted by Gasteiger charge is 2.15. The molecule has 0 heterocycles. The number of hydrogen-bond donors (Lipinski definition) is 2. The Kier molecular flexibility index (Phi) is 5.90. The van der Waals surface area contributed by atoms with E-state index in [1.54, 1.807) is 0 Å². The molecule has 2 rings (SSSR count). The topological polar surface area (TPSA) is 41.1 Å². The lowest BCUT2D eigenvalue weighted by Crippen LogP contribution is -2.39. The van der Waals surface area contributed by atoms with E-state index in [0.29, 0.717) is 12.6 Å². The smallest absolute Gasteiger partial charge is 0.239 e. The minimum atomic E-state index is 0.106. The van der Waals surface area contributed by atoms with Crippen LogP contribution in [0.4, 0.5) is 5.69 Å². The molecule has 0 spiro atoms.